The molecule has 5 amide bonds. The van der Waals surface area contributed by atoms with Crippen LogP contribution in [0.3, 0.4) is 0 Å². The number of hydrogen-bond donors (Lipinski definition) is 7. The van der Waals surface area contributed by atoms with Gasteiger partial charge < -0.3 is 36.8 Å². The predicted molar refractivity (Wildman–Crippen MR) is 194 cm³/mol. The number of carboxylic acid groups (broad SMARTS) is 2. The molecule has 2 bridgehead atoms. The fourth-order valence-electron chi connectivity index (χ4n) is 5.66. The smallest absolute Gasteiger partial charge is 0.326 e. The van der Waals surface area contributed by atoms with Gasteiger partial charge in [0.15, 0.2) is 0 Å². The van der Waals surface area contributed by atoms with E-state index >= 15 is 0 Å². The third-order valence-corrected chi connectivity index (χ3v) is 9.35. The molecule has 1 unspecified atom stereocenters. The molecule has 0 fully saturated rings. The van der Waals surface area contributed by atoms with E-state index in [9.17, 15) is 43.8 Å². The molecular weight excluding hydrogens is 703 g/mol. The molecule has 0 saturated carbocycles. The van der Waals surface area contributed by atoms with Gasteiger partial charge in [-0.05, 0) is 45.8 Å². The quantitative estimate of drug-likeness (QED) is 0.138. The third-order valence-electron chi connectivity index (χ3n) is 8.41. The summed E-state index contributed by atoms with van der Waals surface area (Å²) in [5, 5.41) is 33.9. The van der Waals surface area contributed by atoms with E-state index in [1.54, 1.807) is 41.8 Å². The maximum Gasteiger partial charge on any atom is 0.326 e. The van der Waals surface area contributed by atoms with Crippen molar-refractivity contribution in [2.45, 2.75) is 56.3 Å². The second-order valence-corrected chi connectivity index (χ2v) is 13.3. The zero-order valence-electron chi connectivity index (χ0n) is 28.2. The molecule has 0 aliphatic carbocycles. The number of nitrogens with one attached hydrogen (secondary N) is 5. The SMILES string of the molecule is O=C(O)C[C@@H]1NC(=O)[C@H](Cc2ccc(-c3ccccc3)cc2)NC(=O)C(c2cccs2)NC(=O)CCC(=O)Nc2ccc(cc2)C[C@@H](C(=O)O)NC1=O. The van der Waals surface area contributed by atoms with E-state index in [0.29, 0.717) is 21.7 Å². The molecule has 6 rings (SSSR count). The first-order chi connectivity index (χ1) is 25.4. The fraction of sp³-hybridized carbons (Fsp3) is 0.237. The Labute approximate surface area is 308 Å². The highest BCUT2D eigenvalue weighted by Gasteiger charge is 2.33. The van der Waals surface area contributed by atoms with E-state index in [4.69, 9.17) is 0 Å². The van der Waals surface area contributed by atoms with Gasteiger partial charge in [-0.1, -0.05) is 72.8 Å². The molecule has 0 spiro atoms. The Morgan fingerprint density at radius 1 is 0.660 bits per heavy atom. The summed E-state index contributed by atoms with van der Waals surface area (Å²) in [6.45, 7) is 0. The van der Waals surface area contributed by atoms with Crippen molar-refractivity contribution in [2.24, 2.45) is 0 Å². The maximum absolute atomic E-state index is 13.9. The van der Waals surface area contributed by atoms with Crippen molar-refractivity contribution in [1.82, 2.24) is 21.3 Å². The number of fused-ring (bicyclic) bond motifs is 18. The van der Waals surface area contributed by atoms with Crippen LogP contribution in [0.4, 0.5) is 5.69 Å². The fourth-order valence-corrected chi connectivity index (χ4v) is 6.43. The third kappa shape index (κ3) is 10.8. The van der Waals surface area contributed by atoms with Gasteiger partial charge in [0.1, 0.15) is 24.2 Å². The van der Waals surface area contributed by atoms with Crippen LogP contribution in [0.25, 0.3) is 11.1 Å². The highest BCUT2D eigenvalue weighted by Crippen LogP contribution is 2.22. The van der Waals surface area contributed by atoms with Gasteiger partial charge in [-0.25, -0.2) is 4.79 Å². The summed E-state index contributed by atoms with van der Waals surface area (Å²) >= 11 is 1.18. The molecule has 3 heterocycles. The van der Waals surface area contributed by atoms with E-state index in [1.807, 2.05) is 42.5 Å². The first-order valence-corrected chi connectivity index (χ1v) is 17.5. The summed E-state index contributed by atoms with van der Waals surface area (Å²) in [6, 6.07) is 20.3. The Balaban J connectivity index is 1.48. The van der Waals surface area contributed by atoms with Crippen LogP contribution in [-0.2, 0) is 46.4 Å². The summed E-state index contributed by atoms with van der Waals surface area (Å²) in [6.07, 6.45) is -1.67. The zero-order chi connectivity index (χ0) is 37.9. The van der Waals surface area contributed by atoms with Crippen LogP contribution in [0.5, 0.6) is 0 Å². The van der Waals surface area contributed by atoms with Gasteiger partial charge >= 0.3 is 11.9 Å². The Kier molecular flexibility index (Phi) is 12.7. The summed E-state index contributed by atoms with van der Waals surface area (Å²) in [4.78, 5) is 91.5. The first-order valence-electron chi connectivity index (χ1n) is 16.7. The lowest BCUT2D eigenvalue weighted by atomic mass is 9.99. The van der Waals surface area contributed by atoms with E-state index in [2.05, 4.69) is 26.6 Å². The molecule has 3 aromatic carbocycles. The predicted octanol–water partition coefficient (Wildman–Crippen LogP) is 2.80. The number of carboxylic acids is 2. The molecule has 0 saturated heterocycles. The van der Waals surface area contributed by atoms with Crippen LogP contribution in [0.15, 0.2) is 96.4 Å². The Morgan fingerprint density at radius 2 is 1.30 bits per heavy atom. The van der Waals surface area contributed by atoms with Crippen LogP contribution in [0.2, 0.25) is 0 Å². The van der Waals surface area contributed by atoms with Gasteiger partial charge in [-0.2, -0.15) is 0 Å². The number of rotatable bonds is 7. The van der Waals surface area contributed by atoms with Crippen molar-refractivity contribution >= 4 is 58.5 Å². The van der Waals surface area contributed by atoms with Crippen LogP contribution >= 0.6 is 11.3 Å². The largest absolute Gasteiger partial charge is 0.481 e. The molecule has 1 aromatic heterocycles. The summed E-state index contributed by atoms with van der Waals surface area (Å²) in [5.41, 5.74) is 3.30. The average Bonchev–Trinajstić information content (AvgIpc) is 3.68. The van der Waals surface area contributed by atoms with Crippen molar-refractivity contribution < 1.29 is 43.8 Å². The highest BCUT2D eigenvalue weighted by molar-refractivity contribution is 7.10. The number of hydrogen-bond acceptors (Lipinski definition) is 8. The molecule has 14 nitrogen and oxygen atoms in total. The lowest BCUT2D eigenvalue weighted by Crippen LogP contribution is -2.57. The molecule has 274 valence electrons. The van der Waals surface area contributed by atoms with Gasteiger partial charge in [0, 0.05) is 36.2 Å². The Hall–Kier alpha value is -6.35. The molecule has 2 aliphatic heterocycles. The van der Waals surface area contributed by atoms with Crippen molar-refractivity contribution in [3.8, 4) is 11.1 Å². The van der Waals surface area contributed by atoms with Crippen molar-refractivity contribution in [3.05, 3.63) is 112 Å². The van der Waals surface area contributed by atoms with E-state index < -0.39 is 72.1 Å². The van der Waals surface area contributed by atoms with E-state index in [-0.39, 0.29) is 25.7 Å². The normalized spacial score (nSPS) is 20.5. The minimum absolute atomic E-state index is 0.104. The van der Waals surface area contributed by atoms with Crippen molar-refractivity contribution in [2.75, 3.05) is 5.32 Å². The van der Waals surface area contributed by atoms with Crippen molar-refractivity contribution in [3.63, 3.8) is 0 Å². The zero-order valence-corrected chi connectivity index (χ0v) is 29.1. The van der Waals surface area contributed by atoms with Crippen LogP contribution in [0, 0.1) is 0 Å². The first kappa shape index (κ1) is 37.9. The van der Waals surface area contributed by atoms with Gasteiger partial charge in [0.05, 0.1) is 6.42 Å². The number of aliphatic carboxylic acids is 2. The van der Waals surface area contributed by atoms with Gasteiger partial charge in [0.2, 0.25) is 29.5 Å². The molecule has 53 heavy (non-hydrogen) atoms. The van der Waals surface area contributed by atoms with Gasteiger partial charge in [-0.15, -0.1) is 11.3 Å². The lowest BCUT2D eigenvalue weighted by molar-refractivity contribution is -0.143. The van der Waals surface area contributed by atoms with E-state index in [1.165, 1.54) is 23.5 Å². The standard InChI is InChI=1S/C38H37N5O9S/c44-31-16-17-32(45)43-34(30-7-4-18-53-30)37(50)41-27(19-22-8-12-25(13-9-22)24-5-2-1-3-6-24)35(48)40-28(21-33(46)47)36(49)42-29(38(51)52)20-23-10-14-26(39-31)15-11-23/h1-15,18,27-29,34H,16-17,19-21H2,(H,39,44)(H,40,48)(H,41,50)(H,42,49)(H,43,45)(H,46,47)(H,51,52)/t27-,28-,29-,34?/m0/s1. The monoisotopic (exact) mass is 739 g/mol. The maximum atomic E-state index is 13.9. The second kappa shape index (κ2) is 17.7. The van der Waals surface area contributed by atoms with Gasteiger partial charge in [0.25, 0.3) is 0 Å². The number of amides is 5. The summed E-state index contributed by atoms with van der Waals surface area (Å²) < 4.78 is 0. The Bertz CT molecular complexity index is 1950. The molecule has 7 N–H and O–H groups in total. The molecule has 4 atom stereocenters. The number of carbonyl (C=O) groups excluding carboxylic acids is 5. The minimum atomic E-state index is -1.72. The Morgan fingerprint density at radius 3 is 1.94 bits per heavy atom. The highest BCUT2D eigenvalue weighted by atomic mass is 32.1. The molecule has 0 radical (unpaired) electrons. The summed E-state index contributed by atoms with van der Waals surface area (Å²) in [5.74, 6) is -6.70. The molecule has 15 heteroatoms. The topological polar surface area (TPSA) is 220 Å². The number of thiophene rings is 1. The van der Waals surface area contributed by atoms with Crippen LogP contribution < -0.4 is 26.6 Å². The molecule has 4 aromatic rings. The van der Waals surface area contributed by atoms with Crippen LogP contribution in [-0.4, -0.2) is 69.8 Å². The van der Waals surface area contributed by atoms with Gasteiger partial charge in [-0.3, -0.25) is 28.8 Å². The number of carbonyl (C=O) groups is 7. The van der Waals surface area contributed by atoms with Crippen molar-refractivity contribution in [1.29, 1.82) is 0 Å². The van der Waals surface area contributed by atoms with Crippen LogP contribution in [0.1, 0.15) is 41.3 Å². The molecular formula is C38H37N5O9S. The average molecular weight is 740 g/mol. The number of benzene rings is 3. The number of anilines is 1. The summed E-state index contributed by atoms with van der Waals surface area (Å²) in [7, 11) is 0. The minimum Gasteiger partial charge on any atom is -0.481 e. The second-order valence-electron chi connectivity index (χ2n) is 12.4. The lowest BCUT2D eigenvalue weighted by Gasteiger charge is -2.25. The molecule has 2 aliphatic rings. The van der Waals surface area contributed by atoms with E-state index in [0.717, 1.165) is 11.1 Å².